The molecule has 0 aliphatic rings. The van der Waals surface area contributed by atoms with E-state index in [1.807, 2.05) is 0 Å². The maximum absolute atomic E-state index is 11.6. The van der Waals surface area contributed by atoms with Gasteiger partial charge in [-0.3, -0.25) is 9.59 Å². The van der Waals surface area contributed by atoms with Gasteiger partial charge in [-0.15, -0.1) is 0 Å². The minimum absolute atomic E-state index is 0.0561. The van der Waals surface area contributed by atoms with Crippen molar-refractivity contribution < 1.29 is 24.6 Å². The van der Waals surface area contributed by atoms with Crippen LogP contribution in [0.25, 0.3) is 0 Å². The van der Waals surface area contributed by atoms with Crippen LogP contribution in [0.2, 0.25) is 0 Å². The molecule has 0 bridgehead atoms. The molecule has 0 aliphatic heterocycles. The summed E-state index contributed by atoms with van der Waals surface area (Å²) in [6, 6.07) is 4.83. The van der Waals surface area contributed by atoms with Crippen LogP contribution in [0, 0.1) is 0 Å². The number of carboxylic acid groups (broad SMARTS) is 1. The first kappa shape index (κ1) is 14.5. The number of carbonyl (C=O) groups excluding carboxylic acids is 2. The van der Waals surface area contributed by atoms with Crippen LogP contribution in [0.4, 0.5) is 0 Å². The Balaban J connectivity index is 2.65. The van der Waals surface area contributed by atoms with E-state index in [0.29, 0.717) is 5.56 Å². The zero-order valence-corrected chi connectivity index (χ0v) is 10.00. The van der Waals surface area contributed by atoms with Gasteiger partial charge < -0.3 is 21.3 Å². The molecule has 0 radical (unpaired) electrons. The van der Waals surface area contributed by atoms with Gasteiger partial charge in [-0.05, 0) is 6.07 Å². The number of aromatic hydroxyl groups is 1. The molecule has 0 aliphatic carbocycles. The first-order valence-electron chi connectivity index (χ1n) is 5.47. The molecule has 0 saturated heterocycles. The third-order valence-corrected chi connectivity index (χ3v) is 2.38. The Labute approximate surface area is 109 Å². The number of nitrogens with one attached hydrogen (secondary N) is 1. The second-order valence-electron chi connectivity index (χ2n) is 3.93. The molecule has 0 heterocycles. The van der Waals surface area contributed by atoms with Gasteiger partial charge in [0.2, 0.25) is 11.8 Å². The molecule has 7 nitrogen and oxygen atoms in total. The largest absolute Gasteiger partial charge is 0.508 e. The summed E-state index contributed by atoms with van der Waals surface area (Å²) in [5.41, 5.74) is 5.25. The van der Waals surface area contributed by atoms with E-state index in [4.69, 9.17) is 10.8 Å². The fourth-order valence-electron chi connectivity index (χ4n) is 1.48. The molecule has 0 spiro atoms. The number of rotatable bonds is 6. The topological polar surface area (TPSA) is 130 Å². The third kappa shape index (κ3) is 4.66. The van der Waals surface area contributed by atoms with Crippen LogP contribution in [-0.4, -0.2) is 34.0 Å². The molecule has 1 atom stereocenters. The summed E-state index contributed by atoms with van der Waals surface area (Å²) in [5.74, 6) is -2.84. The minimum atomic E-state index is -1.36. The smallest absolute Gasteiger partial charge is 0.326 e. The van der Waals surface area contributed by atoms with Crippen molar-refractivity contribution in [3.8, 4) is 5.75 Å². The van der Waals surface area contributed by atoms with Crippen molar-refractivity contribution in [3.63, 3.8) is 0 Å². The molecule has 0 unspecified atom stereocenters. The molecule has 1 aromatic carbocycles. The van der Waals surface area contributed by atoms with Crippen molar-refractivity contribution in [3.05, 3.63) is 29.8 Å². The highest BCUT2D eigenvalue weighted by atomic mass is 16.4. The highest BCUT2D eigenvalue weighted by Crippen LogP contribution is 2.15. The number of benzene rings is 1. The first-order valence-corrected chi connectivity index (χ1v) is 5.47. The number of hydrogen-bond acceptors (Lipinski definition) is 4. The maximum atomic E-state index is 11.6. The SMILES string of the molecule is NC(=O)C[C@H](NC(=O)Cc1ccccc1O)C(=O)O. The summed E-state index contributed by atoms with van der Waals surface area (Å²) in [7, 11) is 0. The summed E-state index contributed by atoms with van der Waals surface area (Å²) < 4.78 is 0. The van der Waals surface area contributed by atoms with Gasteiger partial charge in [-0.2, -0.15) is 0 Å². The van der Waals surface area contributed by atoms with Crippen molar-refractivity contribution >= 4 is 17.8 Å². The highest BCUT2D eigenvalue weighted by Gasteiger charge is 2.22. The predicted octanol–water partition coefficient (Wildman–Crippen LogP) is -0.620. The maximum Gasteiger partial charge on any atom is 0.326 e. The number of aliphatic carboxylic acids is 1. The normalized spacial score (nSPS) is 11.6. The van der Waals surface area contributed by atoms with E-state index < -0.39 is 30.2 Å². The summed E-state index contributed by atoms with van der Waals surface area (Å²) in [6.07, 6.45) is -0.670. The van der Waals surface area contributed by atoms with E-state index in [-0.39, 0.29) is 12.2 Å². The van der Waals surface area contributed by atoms with Gasteiger partial charge in [0.25, 0.3) is 0 Å². The molecular weight excluding hydrogens is 252 g/mol. The van der Waals surface area contributed by atoms with Crippen LogP contribution in [0.1, 0.15) is 12.0 Å². The quantitative estimate of drug-likeness (QED) is 0.545. The number of para-hydroxylation sites is 1. The first-order chi connectivity index (χ1) is 8.90. The number of phenols is 1. The van der Waals surface area contributed by atoms with Gasteiger partial charge in [0.05, 0.1) is 12.8 Å². The predicted molar refractivity (Wildman–Crippen MR) is 65.2 cm³/mol. The fraction of sp³-hybridized carbons (Fsp3) is 0.250. The zero-order valence-electron chi connectivity index (χ0n) is 10.00. The van der Waals surface area contributed by atoms with Crippen molar-refractivity contribution in [1.82, 2.24) is 5.32 Å². The Bertz CT molecular complexity index is 501. The van der Waals surface area contributed by atoms with Crippen LogP contribution in [0.3, 0.4) is 0 Å². The second kappa shape index (κ2) is 6.39. The average molecular weight is 266 g/mol. The van der Waals surface area contributed by atoms with Crippen LogP contribution < -0.4 is 11.1 Å². The summed E-state index contributed by atoms with van der Waals surface area (Å²) in [6.45, 7) is 0. The van der Waals surface area contributed by atoms with Gasteiger partial charge in [0.1, 0.15) is 11.8 Å². The Morgan fingerprint density at radius 1 is 1.26 bits per heavy atom. The Morgan fingerprint density at radius 3 is 2.42 bits per heavy atom. The lowest BCUT2D eigenvalue weighted by molar-refractivity contribution is -0.143. The van der Waals surface area contributed by atoms with E-state index in [1.54, 1.807) is 18.2 Å². The molecule has 5 N–H and O–H groups in total. The standard InChI is InChI=1S/C12H14N2O5/c13-10(16)6-8(12(18)19)14-11(17)5-7-3-1-2-4-9(7)15/h1-4,8,15H,5-6H2,(H2,13,16)(H,14,17)(H,18,19)/t8-/m0/s1. The van der Waals surface area contributed by atoms with Gasteiger partial charge in [-0.25, -0.2) is 4.79 Å². The van der Waals surface area contributed by atoms with E-state index in [0.717, 1.165) is 0 Å². The van der Waals surface area contributed by atoms with Crippen LogP contribution in [-0.2, 0) is 20.8 Å². The average Bonchev–Trinajstić information content (AvgIpc) is 2.30. The van der Waals surface area contributed by atoms with Crippen molar-refractivity contribution in [2.75, 3.05) is 0 Å². The number of primary amides is 1. The second-order valence-corrected chi connectivity index (χ2v) is 3.93. The number of amides is 2. The lowest BCUT2D eigenvalue weighted by Crippen LogP contribution is -2.43. The molecule has 7 heteroatoms. The Kier molecular flexibility index (Phi) is 4.87. The van der Waals surface area contributed by atoms with E-state index in [9.17, 15) is 19.5 Å². The Hall–Kier alpha value is -2.57. The van der Waals surface area contributed by atoms with Gasteiger partial charge in [0, 0.05) is 5.56 Å². The van der Waals surface area contributed by atoms with Crippen molar-refractivity contribution in [2.45, 2.75) is 18.9 Å². The zero-order chi connectivity index (χ0) is 14.4. The van der Waals surface area contributed by atoms with E-state index in [2.05, 4.69) is 5.32 Å². The molecule has 0 aromatic heterocycles. The number of phenolic OH excluding ortho intramolecular Hbond substituents is 1. The summed E-state index contributed by atoms with van der Waals surface area (Å²) >= 11 is 0. The van der Waals surface area contributed by atoms with Crippen LogP contribution in [0.5, 0.6) is 5.75 Å². The molecular formula is C12H14N2O5. The minimum Gasteiger partial charge on any atom is -0.508 e. The van der Waals surface area contributed by atoms with Crippen LogP contribution >= 0.6 is 0 Å². The molecule has 102 valence electrons. The highest BCUT2D eigenvalue weighted by molar-refractivity contribution is 5.88. The van der Waals surface area contributed by atoms with Gasteiger partial charge in [-0.1, -0.05) is 18.2 Å². The third-order valence-electron chi connectivity index (χ3n) is 2.38. The monoisotopic (exact) mass is 266 g/mol. The molecule has 1 aromatic rings. The lowest BCUT2D eigenvalue weighted by Gasteiger charge is -2.13. The van der Waals surface area contributed by atoms with E-state index in [1.165, 1.54) is 6.07 Å². The lowest BCUT2D eigenvalue weighted by atomic mass is 10.1. The molecule has 2 amide bonds. The van der Waals surface area contributed by atoms with Crippen LogP contribution in [0.15, 0.2) is 24.3 Å². The van der Waals surface area contributed by atoms with Gasteiger partial charge >= 0.3 is 5.97 Å². The number of hydrogen-bond donors (Lipinski definition) is 4. The fourth-order valence-corrected chi connectivity index (χ4v) is 1.48. The summed E-state index contributed by atoms with van der Waals surface area (Å²) in [4.78, 5) is 33.1. The van der Waals surface area contributed by atoms with E-state index >= 15 is 0 Å². The van der Waals surface area contributed by atoms with Crippen molar-refractivity contribution in [1.29, 1.82) is 0 Å². The number of carbonyl (C=O) groups is 3. The van der Waals surface area contributed by atoms with Crippen molar-refractivity contribution in [2.24, 2.45) is 5.73 Å². The molecule has 0 saturated carbocycles. The summed E-state index contributed by atoms with van der Waals surface area (Å²) in [5, 5.41) is 20.5. The number of nitrogens with two attached hydrogens (primary N) is 1. The Morgan fingerprint density at radius 2 is 1.89 bits per heavy atom. The number of carboxylic acids is 1. The molecule has 19 heavy (non-hydrogen) atoms. The molecule has 1 rings (SSSR count). The molecule has 0 fully saturated rings. The van der Waals surface area contributed by atoms with Gasteiger partial charge in [0.15, 0.2) is 0 Å².